The highest BCUT2D eigenvalue weighted by Gasteiger charge is 2.14. The van der Waals surface area contributed by atoms with Gasteiger partial charge in [-0.2, -0.15) is 0 Å². The lowest BCUT2D eigenvalue weighted by Gasteiger charge is -2.18. The van der Waals surface area contributed by atoms with Crippen molar-refractivity contribution in [3.63, 3.8) is 0 Å². The fourth-order valence-corrected chi connectivity index (χ4v) is 3.24. The summed E-state index contributed by atoms with van der Waals surface area (Å²) in [5.74, 6) is 0.512. The van der Waals surface area contributed by atoms with E-state index in [0.29, 0.717) is 11.4 Å². The molecule has 6 nitrogen and oxygen atoms in total. The predicted molar refractivity (Wildman–Crippen MR) is 102 cm³/mol. The largest absolute Gasteiger partial charge is 0.496 e. The number of rotatable bonds is 7. The first kappa shape index (κ1) is 19.8. The summed E-state index contributed by atoms with van der Waals surface area (Å²) in [4.78, 5) is 12.5. The van der Waals surface area contributed by atoms with Crippen LogP contribution >= 0.6 is 0 Å². The van der Waals surface area contributed by atoms with E-state index >= 15 is 0 Å². The Hall–Kier alpha value is -2.54. The molecule has 26 heavy (non-hydrogen) atoms. The number of anilines is 1. The average Bonchev–Trinajstić information content (AvgIpc) is 2.59. The monoisotopic (exact) mass is 376 g/mol. The summed E-state index contributed by atoms with van der Waals surface area (Å²) in [5, 5.41) is 5.91. The number of methoxy groups -OCH3 is 1. The first-order chi connectivity index (χ1) is 12.2. The standard InChI is InChI=1S/C19H24N2O4S/c1-13-9-10-15(26(4,23)24)11-17(13)20-12-19(22)21-14(2)16-7-5-6-8-18(16)25-3/h5-11,14,20H,12H2,1-4H3,(H,21,22)/t14-/m1/s1. The lowest BCUT2D eigenvalue weighted by atomic mass is 10.1. The molecule has 2 rings (SSSR count). The summed E-state index contributed by atoms with van der Waals surface area (Å²) in [6.07, 6.45) is 1.16. The number of amides is 1. The van der Waals surface area contributed by atoms with Gasteiger partial charge in [-0.25, -0.2) is 8.42 Å². The molecule has 1 atom stereocenters. The number of para-hydroxylation sites is 1. The van der Waals surface area contributed by atoms with Crippen LogP contribution in [0.15, 0.2) is 47.4 Å². The molecule has 0 aliphatic heterocycles. The molecule has 2 aromatic carbocycles. The molecule has 2 N–H and O–H groups in total. The highest BCUT2D eigenvalue weighted by molar-refractivity contribution is 7.90. The normalized spacial score (nSPS) is 12.3. The molecule has 0 radical (unpaired) electrons. The Labute approximate surface area is 154 Å². The number of aryl methyl sites for hydroxylation is 1. The van der Waals surface area contributed by atoms with Gasteiger partial charge in [0.2, 0.25) is 5.91 Å². The molecule has 0 aromatic heterocycles. The summed E-state index contributed by atoms with van der Waals surface area (Å²) in [6, 6.07) is 12.1. The minimum absolute atomic E-state index is 0.0353. The Balaban J connectivity index is 2.03. The first-order valence-corrected chi connectivity index (χ1v) is 10.1. The van der Waals surface area contributed by atoms with E-state index in [1.807, 2.05) is 38.1 Å². The van der Waals surface area contributed by atoms with E-state index in [-0.39, 0.29) is 23.4 Å². The van der Waals surface area contributed by atoms with Gasteiger partial charge < -0.3 is 15.4 Å². The fraction of sp³-hybridized carbons (Fsp3) is 0.316. The Kier molecular flexibility index (Phi) is 6.26. The average molecular weight is 376 g/mol. The Bertz CT molecular complexity index is 894. The highest BCUT2D eigenvalue weighted by Crippen LogP contribution is 2.24. The number of hydrogen-bond donors (Lipinski definition) is 2. The maximum absolute atomic E-state index is 12.3. The van der Waals surface area contributed by atoms with Crippen LogP contribution in [0, 0.1) is 6.92 Å². The molecule has 0 aliphatic rings. The molecule has 0 aliphatic carbocycles. The van der Waals surface area contributed by atoms with Crippen molar-refractivity contribution in [2.24, 2.45) is 0 Å². The van der Waals surface area contributed by atoms with E-state index in [4.69, 9.17) is 4.74 Å². The topological polar surface area (TPSA) is 84.5 Å². The smallest absolute Gasteiger partial charge is 0.239 e. The second kappa shape index (κ2) is 8.23. The van der Waals surface area contributed by atoms with Gasteiger partial charge in [0.15, 0.2) is 9.84 Å². The van der Waals surface area contributed by atoms with Crippen LogP contribution in [0.4, 0.5) is 5.69 Å². The van der Waals surface area contributed by atoms with Crippen molar-refractivity contribution in [3.05, 3.63) is 53.6 Å². The van der Waals surface area contributed by atoms with Crippen molar-refractivity contribution < 1.29 is 17.9 Å². The van der Waals surface area contributed by atoms with Crippen LogP contribution in [0.1, 0.15) is 24.1 Å². The van der Waals surface area contributed by atoms with Crippen LogP contribution in [0.3, 0.4) is 0 Å². The fourth-order valence-electron chi connectivity index (χ4n) is 2.59. The van der Waals surface area contributed by atoms with Gasteiger partial charge >= 0.3 is 0 Å². The third-order valence-electron chi connectivity index (χ3n) is 4.06. The van der Waals surface area contributed by atoms with Gasteiger partial charge in [-0.1, -0.05) is 24.3 Å². The van der Waals surface area contributed by atoms with Gasteiger partial charge in [0.25, 0.3) is 0 Å². The molecule has 0 spiro atoms. The third-order valence-corrected chi connectivity index (χ3v) is 5.17. The number of benzene rings is 2. The third kappa shape index (κ3) is 4.98. The Morgan fingerprint density at radius 2 is 1.88 bits per heavy atom. The second-order valence-electron chi connectivity index (χ2n) is 6.13. The zero-order valence-electron chi connectivity index (χ0n) is 15.4. The van der Waals surface area contributed by atoms with Crippen molar-refractivity contribution in [3.8, 4) is 5.75 Å². The van der Waals surface area contributed by atoms with Crippen LogP contribution in [0.5, 0.6) is 5.75 Å². The number of hydrogen-bond acceptors (Lipinski definition) is 5. The second-order valence-corrected chi connectivity index (χ2v) is 8.15. The lowest BCUT2D eigenvalue weighted by Crippen LogP contribution is -2.32. The maximum atomic E-state index is 12.3. The van der Waals surface area contributed by atoms with Crippen LogP contribution in [-0.4, -0.2) is 34.2 Å². The van der Waals surface area contributed by atoms with Crippen molar-refractivity contribution >= 4 is 21.4 Å². The number of carbonyl (C=O) groups excluding carboxylic acids is 1. The van der Waals surface area contributed by atoms with E-state index in [1.165, 1.54) is 0 Å². The van der Waals surface area contributed by atoms with Crippen molar-refractivity contribution in [1.29, 1.82) is 0 Å². The highest BCUT2D eigenvalue weighted by atomic mass is 32.2. The number of ether oxygens (including phenoxy) is 1. The maximum Gasteiger partial charge on any atom is 0.239 e. The van der Waals surface area contributed by atoms with Gasteiger partial charge in [0.05, 0.1) is 24.6 Å². The van der Waals surface area contributed by atoms with Crippen LogP contribution in [-0.2, 0) is 14.6 Å². The van der Waals surface area contributed by atoms with Crippen molar-refractivity contribution in [2.75, 3.05) is 25.2 Å². The molecule has 0 unspecified atom stereocenters. The summed E-state index contributed by atoms with van der Waals surface area (Å²) < 4.78 is 28.7. The quantitative estimate of drug-likeness (QED) is 0.776. The molecule has 2 aromatic rings. The SMILES string of the molecule is COc1ccccc1[C@@H](C)NC(=O)CNc1cc(S(C)(=O)=O)ccc1C. The summed E-state index contributed by atoms with van der Waals surface area (Å²) in [5.41, 5.74) is 2.37. The Morgan fingerprint density at radius 1 is 1.19 bits per heavy atom. The van der Waals surface area contributed by atoms with E-state index < -0.39 is 9.84 Å². The van der Waals surface area contributed by atoms with E-state index in [0.717, 1.165) is 17.4 Å². The van der Waals surface area contributed by atoms with Gasteiger partial charge in [0, 0.05) is 17.5 Å². The Morgan fingerprint density at radius 3 is 2.54 bits per heavy atom. The molecule has 7 heteroatoms. The minimum Gasteiger partial charge on any atom is -0.496 e. The molecule has 0 saturated heterocycles. The van der Waals surface area contributed by atoms with E-state index in [2.05, 4.69) is 10.6 Å². The van der Waals surface area contributed by atoms with Gasteiger partial charge in [-0.3, -0.25) is 4.79 Å². The summed E-state index contributed by atoms with van der Waals surface area (Å²) >= 11 is 0. The minimum atomic E-state index is -3.30. The zero-order chi connectivity index (χ0) is 19.3. The first-order valence-electron chi connectivity index (χ1n) is 8.19. The molecule has 1 amide bonds. The van der Waals surface area contributed by atoms with Crippen molar-refractivity contribution in [1.82, 2.24) is 5.32 Å². The molecular weight excluding hydrogens is 352 g/mol. The van der Waals surface area contributed by atoms with Crippen LogP contribution in [0.2, 0.25) is 0 Å². The summed E-state index contributed by atoms with van der Waals surface area (Å²) in [6.45, 7) is 3.77. The number of sulfone groups is 1. The lowest BCUT2D eigenvalue weighted by molar-refractivity contribution is -0.120. The van der Waals surface area contributed by atoms with Crippen LogP contribution < -0.4 is 15.4 Å². The van der Waals surface area contributed by atoms with Crippen molar-refractivity contribution in [2.45, 2.75) is 24.8 Å². The van der Waals surface area contributed by atoms with Gasteiger partial charge in [-0.15, -0.1) is 0 Å². The molecular formula is C19H24N2O4S. The van der Waals surface area contributed by atoms with Gasteiger partial charge in [-0.05, 0) is 37.6 Å². The van der Waals surface area contributed by atoms with E-state index in [9.17, 15) is 13.2 Å². The molecule has 0 fully saturated rings. The molecule has 140 valence electrons. The predicted octanol–water partition coefficient (Wildman–Crippen LogP) is 2.70. The number of carbonyl (C=O) groups is 1. The van der Waals surface area contributed by atoms with E-state index in [1.54, 1.807) is 25.3 Å². The molecule has 0 heterocycles. The van der Waals surface area contributed by atoms with Gasteiger partial charge in [0.1, 0.15) is 5.75 Å². The number of nitrogens with one attached hydrogen (secondary N) is 2. The van der Waals surface area contributed by atoms with Crippen LogP contribution in [0.25, 0.3) is 0 Å². The molecule has 0 bridgehead atoms. The zero-order valence-corrected chi connectivity index (χ0v) is 16.2. The summed E-state index contributed by atoms with van der Waals surface area (Å²) in [7, 11) is -1.71. The molecule has 0 saturated carbocycles.